The van der Waals surface area contributed by atoms with Crippen LogP contribution in [0.1, 0.15) is 60.0 Å². The number of nitrogens with one attached hydrogen (secondary N) is 1. The molecule has 0 fully saturated rings. The Bertz CT molecular complexity index is 961. The number of benzene rings is 1. The molecule has 27 heavy (non-hydrogen) atoms. The molecule has 1 aliphatic carbocycles. The van der Waals surface area contributed by atoms with Crippen molar-refractivity contribution in [3.8, 4) is 0 Å². The van der Waals surface area contributed by atoms with E-state index in [1.165, 1.54) is 0 Å². The Balaban J connectivity index is 1.67. The zero-order valence-electron chi connectivity index (χ0n) is 15.3. The Kier molecular flexibility index (Phi) is 4.35. The van der Waals surface area contributed by atoms with Gasteiger partial charge in [0, 0.05) is 34.8 Å². The van der Waals surface area contributed by atoms with Crippen LogP contribution in [0, 0.1) is 5.41 Å². The van der Waals surface area contributed by atoms with Gasteiger partial charge in [-0.3, -0.25) is 4.79 Å². The van der Waals surface area contributed by atoms with Crippen LogP contribution in [0.15, 0.2) is 35.4 Å². The maximum atomic E-state index is 12.5. The van der Waals surface area contributed by atoms with Crippen LogP contribution >= 0.6 is 23.8 Å². The monoisotopic (exact) mass is 400 g/mol. The lowest BCUT2D eigenvalue weighted by Crippen LogP contribution is -2.31. The second-order valence-corrected chi connectivity index (χ2v) is 8.87. The molecule has 1 atom stereocenters. The lowest BCUT2D eigenvalue weighted by atomic mass is 9.76. The Morgan fingerprint density at radius 1 is 1.33 bits per heavy atom. The van der Waals surface area contributed by atoms with Gasteiger partial charge in [0.1, 0.15) is 6.04 Å². The van der Waals surface area contributed by atoms with Gasteiger partial charge in [-0.05, 0) is 47.8 Å². The standard InChI is InChI=1S/C20H21ClN4OS/c1-20(2)9-16-13(18(26)10-20)7-15(23-16)17-8-14(24-25(17)19(22)27)11-3-5-12(21)6-4-11/h3-7,17,23H,8-10H2,1-2H3,(H2,22,27). The maximum absolute atomic E-state index is 12.5. The Labute approximate surface area is 168 Å². The molecule has 140 valence electrons. The van der Waals surface area contributed by atoms with Crippen molar-refractivity contribution in [3.63, 3.8) is 0 Å². The molecule has 1 aliphatic heterocycles. The number of fused-ring (bicyclic) bond motifs is 1. The average molecular weight is 401 g/mol. The third-order valence-electron chi connectivity index (χ3n) is 5.19. The Hall–Kier alpha value is -2.18. The minimum absolute atomic E-state index is 0.0320. The van der Waals surface area contributed by atoms with E-state index in [1.54, 1.807) is 5.01 Å². The molecule has 0 spiro atoms. The van der Waals surface area contributed by atoms with Gasteiger partial charge in [0.2, 0.25) is 0 Å². The first-order valence-electron chi connectivity index (χ1n) is 8.90. The predicted octanol–water partition coefficient (Wildman–Crippen LogP) is 4.22. The van der Waals surface area contributed by atoms with Crippen molar-refractivity contribution in [2.75, 3.05) is 0 Å². The first kappa shape index (κ1) is 18.2. The normalized spacial score (nSPS) is 21.1. The van der Waals surface area contributed by atoms with Gasteiger partial charge in [-0.15, -0.1) is 0 Å². The number of Topliss-reactive ketones (excluding diaryl/α,β-unsaturated/α-hetero) is 1. The molecule has 7 heteroatoms. The summed E-state index contributed by atoms with van der Waals surface area (Å²) < 4.78 is 0. The average Bonchev–Trinajstić information content (AvgIpc) is 3.18. The van der Waals surface area contributed by atoms with Crippen LogP contribution in [0.5, 0.6) is 0 Å². The molecular weight excluding hydrogens is 380 g/mol. The number of H-pyrrole nitrogens is 1. The number of ketones is 1. The third-order valence-corrected chi connectivity index (χ3v) is 5.63. The lowest BCUT2D eigenvalue weighted by Gasteiger charge is -2.28. The molecule has 4 rings (SSSR count). The fourth-order valence-electron chi connectivity index (χ4n) is 3.93. The number of hydrazone groups is 1. The minimum atomic E-state index is -0.144. The minimum Gasteiger partial charge on any atom is -0.375 e. The summed E-state index contributed by atoms with van der Waals surface area (Å²) in [7, 11) is 0. The topological polar surface area (TPSA) is 74.5 Å². The molecule has 1 aromatic heterocycles. The van der Waals surface area contributed by atoms with Crippen LogP contribution in [0.2, 0.25) is 5.02 Å². The van der Waals surface area contributed by atoms with Crippen LogP contribution in [0.4, 0.5) is 0 Å². The number of aromatic nitrogens is 1. The van der Waals surface area contributed by atoms with E-state index in [2.05, 4.69) is 23.9 Å². The molecule has 0 saturated heterocycles. The molecular formula is C20H21ClN4OS. The number of thiocarbonyl (C=S) groups is 1. The molecule has 0 amide bonds. The molecule has 0 bridgehead atoms. The Morgan fingerprint density at radius 3 is 2.70 bits per heavy atom. The van der Waals surface area contributed by atoms with Crippen LogP contribution in [0.25, 0.3) is 0 Å². The zero-order chi connectivity index (χ0) is 19.3. The van der Waals surface area contributed by atoms with Crippen molar-refractivity contribution in [1.29, 1.82) is 0 Å². The van der Waals surface area contributed by atoms with E-state index in [1.807, 2.05) is 30.3 Å². The SMILES string of the molecule is CC1(C)CC(=O)c2cc(C3CC(c4ccc(Cl)cc4)=NN3C(N)=S)[nH]c2C1. The second-order valence-electron chi connectivity index (χ2n) is 8.01. The van der Waals surface area contributed by atoms with E-state index >= 15 is 0 Å². The number of aromatic amines is 1. The number of carbonyl (C=O) groups is 1. The molecule has 3 N–H and O–H groups in total. The smallest absolute Gasteiger partial charge is 0.187 e. The first-order chi connectivity index (χ1) is 12.7. The fraction of sp³-hybridized carbons (Fsp3) is 0.350. The molecule has 1 unspecified atom stereocenters. The molecule has 2 aromatic rings. The number of rotatable bonds is 2. The van der Waals surface area contributed by atoms with E-state index in [0.717, 1.165) is 34.6 Å². The van der Waals surface area contributed by atoms with E-state index in [0.29, 0.717) is 17.9 Å². The molecule has 2 heterocycles. The van der Waals surface area contributed by atoms with Gasteiger partial charge in [0.05, 0.1) is 5.71 Å². The van der Waals surface area contributed by atoms with Gasteiger partial charge < -0.3 is 10.7 Å². The van der Waals surface area contributed by atoms with E-state index in [4.69, 9.17) is 29.6 Å². The summed E-state index contributed by atoms with van der Waals surface area (Å²) in [6.45, 7) is 4.24. The summed E-state index contributed by atoms with van der Waals surface area (Å²) in [6, 6.07) is 9.36. The summed E-state index contributed by atoms with van der Waals surface area (Å²) in [5.74, 6) is 0.183. The van der Waals surface area contributed by atoms with Gasteiger partial charge in [0.15, 0.2) is 10.9 Å². The molecule has 0 radical (unpaired) electrons. The van der Waals surface area contributed by atoms with Crippen molar-refractivity contribution in [2.24, 2.45) is 16.3 Å². The summed E-state index contributed by atoms with van der Waals surface area (Å²) in [4.78, 5) is 16.0. The van der Waals surface area contributed by atoms with Gasteiger partial charge >= 0.3 is 0 Å². The zero-order valence-corrected chi connectivity index (χ0v) is 16.8. The second kappa shape index (κ2) is 6.46. The number of carbonyl (C=O) groups excluding carboxylic acids is 1. The van der Waals surface area contributed by atoms with Crippen molar-refractivity contribution in [1.82, 2.24) is 9.99 Å². The highest BCUT2D eigenvalue weighted by molar-refractivity contribution is 7.80. The van der Waals surface area contributed by atoms with Gasteiger partial charge in [-0.25, -0.2) is 5.01 Å². The summed E-state index contributed by atoms with van der Waals surface area (Å²) in [5.41, 5.74) is 10.5. The highest BCUT2D eigenvalue weighted by Crippen LogP contribution is 2.38. The highest BCUT2D eigenvalue weighted by Gasteiger charge is 2.36. The largest absolute Gasteiger partial charge is 0.375 e. The van der Waals surface area contributed by atoms with E-state index in [-0.39, 0.29) is 22.4 Å². The molecule has 1 aromatic carbocycles. The van der Waals surface area contributed by atoms with Crippen LogP contribution in [-0.4, -0.2) is 26.6 Å². The number of halogens is 1. The highest BCUT2D eigenvalue weighted by atomic mass is 35.5. The van der Waals surface area contributed by atoms with Gasteiger partial charge in [-0.2, -0.15) is 5.10 Å². The maximum Gasteiger partial charge on any atom is 0.187 e. The Morgan fingerprint density at radius 2 is 2.04 bits per heavy atom. The van der Waals surface area contributed by atoms with Crippen molar-refractivity contribution in [3.05, 3.63) is 57.9 Å². The summed E-state index contributed by atoms with van der Waals surface area (Å²) in [6.07, 6.45) is 2.06. The van der Waals surface area contributed by atoms with Crippen LogP contribution in [0.3, 0.4) is 0 Å². The predicted molar refractivity (Wildman–Crippen MR) is 111 cm³/mol. The number of nitrogens with two attached hydrogens (primary N) is 1. The van der Waals surface area contributed by atoms with Crippen molar-refractivity contribution < 1.29 is 4.79 Å². The summed E-state index contributed by atoms with van der Waals surface area (Å²) in [5, 5.41) is 7.18. The fourth-order valence-corrected chi connectivity index (χ4v) is 4.23. The summed E-state index contributed by atoms with van der Waals surface area (Å²) >= 11 is 11.2. The molecule has 2 aliphatic rings. The number of hydrogen-bond acceptors (Lipinski definition) is 3. The lowest BCUT2D eigenvalue weighted by molar-refractivity contribution is 0.0912. The molecule has 0 saturated carbocycles. The van der Waals surface area contributed by atoms with Crippen molar-refractivity contribution in [2.45, 2.75) is 39.2 Å². The van der Waals surface area contributed by atoms with Crippen molar-refractivity contribution >= 4 is 40.4 Å². The van der Waals surface area contributed by atoms with E-state index in [9.17, 15) is 4.79 Å². The van der Waals surface area contributed by atoms with E-state index < -0.39 is 0 Å². The van der Waals surface area contributed by atoms with Crippen LogP contribution in [-0.2, 0) is 6.42 Å². The first-order valence-corrected chi connectivity index (χ1v) is 9.69. The number of hydrogen-bond donors (Lipinski definition) is 2. The van der Waals surface area contributed by atoms with Gasteiger partial charge in [-0.1, -0.05) is 37.6 Å². The van der Waals surface area contributed by atoms with Crippen LogP contribution < -0.4 is 5.73 Å². The number of nitrogens with zero attached hydrogens (tertiary/aromatic N) is 2. The third kappa shape index (κ3) is 3.39. The quantitative estimate of drug-likeness (QED) is 0.740. The van der Waals surface area contributed by atoms with Gasteiger partial charge in [0.25, 0.3) is 0 Å². The molecule has 5 nitrogen and oxygen atoms in total.